The number of ether oxygens (including phenoxy) is 1. The summed E-state index contributed by atoms with van der Waals surface area (Å²) < 4.78 is 32.7. The number of amides is 1. The van der Waals surface area contributed by atoms with Crippen LogP contribution in [0.3, 0.4) is 0 Å². The summed E-state index contributed by atoms with van der Waals surface area (Å²) in [6.07, 6.45) is 1.07. The van der Waals surface area contributed by atoms with Gasteiger partial charge < -0.3 is 9.64 Å². The highest BCUT2D eigenvalue weighted by atomic mass is 32.2. The fraction of sp³-hybridized carbons (Fsp3) is 0.316. The molecule has 3 rings (SSSR count). The predicted molar refractivity (Wildman–Crippen MR) is 102 cm³/mol. The van der Waals surface area contributed by atoms with E-state index in [0.29, 0.717) is 36.4 Å². The van der Waals surface area contributed by atoms with Gasteiger partial charge in [0, 0.05) is 24.3 Å². The molecular formula is C19H22N2O4S. The van der Waals surface area contributed by atoms with Gasteiger partial charge in [-0.3, -0.25) is 9.52 Å². The molecule has 0 aliphatic carbocycles. The Morgan fingerprint density at radius 3 is 2.69 bits per heavy atom. The van der Waals surface area contributed by atoms with Gasteiger partial charge in [-0.05, 0) is 54.8 Å². The molecule has 6 nitrogen and oxygen atoms in total. The van der Waals surface area contributed by atoms with E-state index in [-0.39, 0.29) is 11.7 Å². The van der Waals surface area contributed by atoms with Crippen molar-refractivity contribution < 1.29 is 17.9 Å². The third-order valence-electron chi connectivity index (χ3n) is 4.36. The average molecular weight is 374 g/mol. The van der Waals surface area contributed by atoms with E-state index >= 15 is 0 Å². The van der Waals surface area contributed by atoms with Crippen LogP contribution in [-0.4, -0.2) is 28.0 Å². The van der Waals surface area contributed by atoms with Crippen molar-refractivity contribution in [3.63, 3.8) is 0 Å². The Bertz CT molecular complexity index is 925. The van der Waals surface area contributed by atoms with Crippen molar-refractivity contribution in [1.29, 1.82) is 0 Å². The minimum atomic E-state index is -3.56. The molecule has 0 fully saturated rings. The second-order valence-corrected chi connectivity index (χ2v) is 7.92. The van der Waals surface area contributed by atoms with Gasteiger partial charge >= 0.3 is 0 Å². The van der Waals surface area contributed by atoms with E-state index in [4.69, 9.17) is 4.74 Å². The molecule has 1 heterocycles. The van der Waals surface area contributed by atoms with Crippen LogP contribution in [-0.2, 0) is 27.0 Å². The highest BCUT2D eigenvalue weighted by molar-refractivity contribution is 7.91. The van der Waals surface area contributed by atoms with Gasteiger partial charge in [0.05, 0.1) is 12.9 Å². The maximum Gasteiger partial charge on any atom is 0.236 e. The molecule has 0 saturated carbocycles. The molecule has 0 atom stereocenters. The lowest BCUT2D eigenvalue weighted by molar-refractivity contribution is -0.118. The first-order chi connectivity index (χ1) is 12.4. The van der Waals surface area contributed by atoms with Crippen molar-refractivity contribution >= 4 is 27.3 Å². The molecular weight excluding hydrogens is 352 g/mol. The standard InChI is InChI=1S/C19H22N2O4S/c1-3-21-18-9-8-16(12-15(18)7-10-19(21)22)20-26(23,24)13-14-5-4-6-17(11-14)25-2/h4-6,8-9,11-12,20H,3,7,10,13H2,1-2H3. The van der Waals surface area contributed by atoms with Crippen molar-refractivity contribution in [2.75, 3.05) is 23.3 Å². The van der Waals surface area contributed by atoms with E-state index in [1.54, 1.807) is 48.4 Å². The number of nitrogens with zero attached hydrogens (tertiary/aromatic N) is 1. The molecule has 1 N–H and O–H groups in total. The molecule has 0 aromatic heterocycles. The SMILES string of the molecule is CCN1C(=O)CCc2cc(NS(=O)(=O)Cc3cccc(OC)c3)ccc21. The average Bonchev–Trinajstić information content (AvgIpc) is 2.61. The van der Waals surface area contributed by atoms with Crippen LogP contribution in [0.5, 0.6) is 5.75 Å². The first-order valence-electron chi connectivity index (χ1n) is 8.48. The topological polar surface area (TPSA) is 75.7 Å². The molecule has 0 bridgehead atoms. The van der Waals surface area contributed by atoms with Crippen molar-refractivity contribution in [3.05, 3.63) is 53.6 Å². The van der Waals surface area contributed by atoms with Crippen LogP contribution in [0.1, 0.15) is 24.5 Å². The summed E-state index contributed by atoms with van der Waals surface area (Å²) in [6, 6.07) is 12.3. The van der Waals surface area contributed by atoms with Crippen LogP contribution < -0.4 is 14.4 Å². The zero-order chi connectivity index (χ0) is 18.7. The molecule has 0 unspecified atom stereocenters. The number of fused-ring (bicyclic) bond motifs is 1. The van der Waals surface area contributed by atoms with E-state index in [1.807, 2.05) is 13.0 Å². The van der Waals surface area contributed by atoms with Crippen LogP contribution in [0.15, 0.2) is 42.5 Å². The first-order valence-corrected chi connectivity index (χ1v) is 10.1. The molecule has 1 amide bonds. The van der Waals surface area contributed by atoms with E-state index in [9.17, 15) is 13.2 Å². The zero-order valence-corrected chi connectivity index (χ0v) is 15.7. The largest absolute Gasteiger partial charge is 0.497 e. The molecule has 2 aromatic rings. The summed E-state index contributed by atoms with van der Waals surface area (Å²) in [5.41, 5.74) is 3.00. The van der Waals surface area contributed by atoms with Crippen LogP contribution in [0, 0.1) is 0 Å². The quantitative estimate of drug-likeness (QED) is 0.843. The van der Waals surface area contributed by atoms with E-state index in [2.05, 4.69) is 4.72 Å². The van der Waals surface area contributed by atoms with Gasteiger partial charge in [0.1, 0.15) is 5.75 Å². The summed E-state index contributed by atoms with van der Waals surface area (Å²) in [4.78, 5) is 13.7. The highest BCUT2D eigenvalue weighted by Gasteiger charge is 2.23. The molecule has 1 aliphatic heterocycles. The van der Waals surface area contributed by atoms with Crippen LogP contribution in [0.4, 0.5) is 11.4 Å². The second kappa shape index (κ2) is 7.37. The molecule has 2 aromatic carbocycles. The number of carbonyl (C=O) groups excluding carboxylic acids is 1. The lowest BCUT2D eigenvalue weighted by Crippen LogP contribution is -2.34. The van der Waals surface area contributed by atoms with Gasteiger partial charge in [-0.1, -0.05) is 12.1 Å². The summed E-state index contributed by atoms with van der Waals surface area (Å²) in [5, 5.41) is 0. The number of nitrogens with one attached hydrogen (secondary N) is 1. The van der Waals surface area contributed by atoms with Gasteiger partial charge in [0.2, 0.25) is 15.9 Å². The predicted octanol–water partition coefficient (Wildman–Crippen LogP) is 2.94. The summed E-state index contributed by atoms with van der Waals surface area (Å²) in [7, 11) is -2.01. The highest BCUT2D eigenvalue weighted by Crippen LogP contribution is 2.30. The third kappa shape index (κ3) is 3.99. The molecule has 138 valence electrons. The number of hydrogen-bond donors (Lipinski definition) is 1. The number of rotatable bonds is 6. The lowest BCUT2D eigenvalue weighted by Gasteiger charge is -2.28. The maximum atomic E-state index is 12.5. The minimum absolute atomic E-state index is 0.103. The van der Waals surface area contributed by atoms with E-state index in [1.165, 1.54) is 0 Å². The lowest BCUT2D eigenvalue weighted by atomic mass is 10.0. The fourth-order valence-corrected chi connectivity index (χ4v) is 4.34. The summed E-state index contributed by atoms with van der Waals surface area (Å²) in [6.45, 7) is 2.53. The zero-order valence-electron chi connectivity index (χ0n) is 14.9. The van der Waals surface area contributed by atoms with Crippen LogP contribution >= 0.6 is 0 Å². The van der Waals surface area contributed by atoms with Gasteiger partial charge in [0.15, 0.2) is 0 Å². The number of benzene rings is 2. The monoisotopic (exact) mass is 374 g/mol. The van der Waals surface area contributed by atoms with Crippen molar-refractivity contribution in [2.24, 2.45) is 0 Å². The Labute approximate surface area is 153 Å². The Balaban J connectivity index is 1.79. The third-order valence-corrected chi connectivity index (χ3v) is 5.62. The molecule has 26 heavy (non-hydrogen) atoms. The molecule has 0 radical (unpaired) electrons. The number of sulfonamides is 1. The van der Waals surface area contributed by atoms with E-state index in [0.717, 1.165) is 11.3 Å². The number of anilines is 2. The first kappa shape index (κ1) is 18.3. The Hall–Kier alpha value is -2.54. The normalized spacial score (nSPS) is 14.1. The second-order valence-electron chi connectivity index (χ2n) is 6.19. The molecule has 7 heteroatoms. The van der Waals surface area contributed by atoms with Crippen LogP contribution in [0.2, 0.25) is 0 Å². The van der Waals surface area contributed by atoms with Gasteiger partial charge in [0.25, 0.3) is 0 Å². The number of methoxy groups -OCH3 is 1. The van der Waals surface area contributed by atoms with Gasteiger partial charge in [-0.25, -0.2) is 8.42 Å². The van der Waals surface area contributed by atoms with Gasteiger partial charge in [-0.2, -0.15) is 0 Å². The van der Waals surface area contributed by atoms with Crippen molar-refractivity contribution in [1.82, 2.24) is 0 Å². The minimum Gasteiger partial charge on any atom is -0.497 e. The number of hydrogen-bond acceptors (Lipinski definition) is 4. The van der Waals surface area contributed by atoms with Crippen LogP contribution in [0.25, 0.3) is 0 Å². The number of aryl methyl sites for hydroxylation is 1. The van der Waals surface area contributed by atoms with Crippen molar-refractivity contribution in [3.8, 4) is 5.75 Å². The van der Waals surface area contributed by atoms with Gasteiger partial charge in [-0.15, -0.1) is 0 Å². The molecule has 0 saturated heterocycles. The molecule has 1 aliphatic rings. The summed E-state index contributed by atoms with van der Waals surface area (Å²) in [5.74, 6) is 0.586. The Morgan fingerprint density at radius 1 is 1.15 bits per heavy atom. The Morgan fingerprint density at radius 2 is 1.96 bits per heavy atom. The number of carbonyl (C=O) groups is 1. The summed E-state index contributed by atoms with van der Waals surface area (Å²) >= 11 is 0. The Kier molecular flexibility index (Phi) is 5.18. The fourth-order valence-electron chi connectivity index (χ4n) is 3.17. The smallest absolute Gasteiger partial charge is 0.236 e. The van der Waals surface area contributed by atoms with E-state index < -0.39 is 10.0 Å². The molecule has 0 spiro atoms. The van der Waals surface area contributed by atoms with Crippen molar-refractivity contribution in [2.45, 2.75) is 25.5 Å². The maximum absolute atomic E-state index is 12.5.